The molecule has 8 heteroatoms. The standard InChI is InChI=1S/C13H16N2O5S/c1-9-4-5-14(6-7-21(9)20)13(17)11-3-2-10(15(18)19)8-12(11)16/h2-3,8-9,16H,4-7H2,1H3. The highest BCUT2D eigenvalue weighted by atomic mass is 32.2. The van der Waals surface area contributed by atoms with Gasteiger partial charge >= 0.3 is 0 Å². The number of nitrogens with zero attached hydrogens (tertiary/aromatic N) is 2. The summed E-state index contributed by atoms with van der Waals surface area (Å²) in [6.45, 7) is 2.70. The Kier molecular flexibility index (Phi) is 4.56. The van der Waals surface area contributed by atoms with Gasteiger partial charge in [-0.2, -0.15) is 0 Å². The summed E-state index contributed by atoms with van der Waals surface area (Å²) in [5, 5.41) is 20.5. The number of hydrogen-bond acceptors (Lipinski definition) is 5. The summed E-state index contributed by atoms with van der Waals surface area (Å²) >= 11 is 0. The fourth-order valence-electron chi connectivity index (χ4n) is 2.17. The monoisotopic (exact) mass is 312 g/mol. The molecule has 1 aromatic rings. The van der Waals surface area contributed by atoms with Crippen molar-refractivity contribution < 1.29 is 19.0 Å². The molecule has 21 heavy (non-hydrogen) atoms. The first-order valence-corrected chi connectivity index (χ1v) is 7.92. The van der Waals surface area contributed by atoms with Crippen LogP contribution in [0.2, 0.25) is 0 Å². The molecule has 1 N–H and O–H groups in total. The first-order valence-electron chi connectivity index (χ1n) is 6.54. The number of non-ortho nitro benzene ring substituents is 1. The number of rotatable bonds is 2. The van der Waals surface area contributed by atoms with Crippen molar-refractivity contribution >= 4 is 22.4 Å². The van der Waals surface area contributed by atoms with Crippen molar-refractivity contribution in [1.29, 1.82) is 0 Å². The minimum absolute atomic E-state index is 0.0286. The van der Waals surface area contributed by atoms with Crippen LogP contribution in [0.4, 0.5) is 5.69 Å². The molecule has 0 bridgehead atoms. The molecule has 1 aromatic carbocycles. The molecule has 0 aliphatic carbocycles. The maximum Gasteiger partial charge on any atom is 0.273 e. The van der Waals surface area contributed by atoms with Crippen LogP contribution in [0.15, 0.2) is 18.2 Å². The molecule has 1 aliphatic heterocycles. The van der Waals surface area contributed by atoms with Gasteiger partial charge in [-0.3, -0.25) is 19.1 Å². The van der Waals surface area contributed by atoms with Crippen molar-refractivity contribution in [2.24, 2.45) is 0 Å². The lowest BCUT2D eigenvalue weighted by Crippen LogP contribution is -2.33. The van der Waals surface area contributed by atoms with Crippen molar-refractivity contribution in [3.05, 3.63) is 33.9 Å². The van der Waals surface area contributed by atoms with E-state index in [2.05, 4.69) is 0 Å². The first kappa shape index (κ1) is 15.4. The third-order valence-electron chi connectivity index (χ3n) is 3.53. The summed E-state index contributed by atoms with van der Waals surface area (Å²) in [6, 6.07) is 3.40. The lowest BCUT2D eigenvalue weighted by molar-refractivity contribution is -0.384. The topological polar surface area (TPSA) is 101 Å². The Morgan fingerprint density at radius 3 is 2.81 bits per heavy atom. The molecule has 114 valence electrons. The molecular weight excluding hydrogens is 296 g/mol. The second kappa shape index (κ2) is 6.21. The molecule has 1 fully saturated rings. The van der Waals surface area contributed by atoms with E-state index in [4.69, 9.17) is 0 Å². The van der Waals surface area contributed by atoms with Gasteiger partial charge in [-0.15, -0.1) is 0 Å². The Morgan fingerprint density at radius 2 is 2.19 bits per heavy atom. The molecule has 0 spiro atoms. The van der Waals surface area contributed by atoms with Gasteiger partial charge in [-0.05, 0) is 12.5 Å². The van der Waals surface area contributed by atoms with Crippen LogP contribution >= 0.6 is 0 Å². The van der Waals surface area contributed by atoms with Crippen LogP contribution in [-0.2, 0) is 10.8 Å². The minimum Gasteiger partial charge on any atom is -0.507 e. The van der Waals surface area contributed by atoms with Gasteiger partial charge < -0.3 is 10.0 Å². The van der Waals surface area contributed by atoms with Crippen LogP contribution in [-0.4, -0.2) is 49.1 Å². The van der Waals surface area contributed by atoms with E-state index in [0.29, 0.717) is 25.3 Å². The molecule has 2 atom stereocenters. The van der Waals surface area contributed by atoms with Gasteiger partial charge in [0.05, 0.1) is 16.6 Å². The Morgan fingerprint density at radius 1 is 1.48 bits per heavy atom. The number of nitro benzene ring substituents is 1. The highest BCUT2D eigenvalue weighted by Crippen LogP contribution is 2.25. The molecule has 0 radical (unpaired) electrons. The number of hydrogen-bond donors (Lipinski definition) is 1. The van der Waals surface area contributed by atoms with Crippen molar-refractivity contribution in [1.82, 2.24) is 4.90 Å². The van der Waals surface area contributed by atoms with Gasteiger partial charge in [0.2, 0.25) is 0 Å². The molecule has 7 nitrogen and oxygen atoms in total. The van der Waals surface area contributed by atoms with Crippen LogP contribution in [0.5, 0.6) is 5.75 Å². The second-order valence-corrected chi connectivity index (χ2v) is 6.91. The Labute approximate surface area is 124 Å². The van der Waals surface area contributed by atoms with Crippen LogP contribution in [0.3, 0.4) is 0 Å². The lowest BCUT2D eigenvalue weighted by Gasteiger charge is -2.20. The molecule has 1 saturated heterocycles. The molecule has 1 heterocycles. The van der Waals surface area contributed by atoms with Crippen LogP contribution in [0.1, 0.15) is 23.7 Å². The van der Waals surface area contributed by atoms with Gasteiger partial charge in [-0.25, -0.2) is 0 Å². The number of amides is 1. The fourth-order valence-corrected chi connectivity index (χ4v) is 3.34. The predicted octanol–water partition coefficient (Wildman–Crippen LogP) is 1.28. The summed E-state index contributed by atoms with van der Waals surface area (Å²) in [4.78, 5) is 23.9. The normalized spacial score (nSPS) is 22.6. The molecule has 0 saturated carbocycles. The maximum atomic E-state index is 12.4. The number of carbonyl (C=O) groups is 1. The second-order valence-electron chi connectivity index (χ2n) is 4.93. The van der Waals surface area contributed by atoms with E-state index < -0.39 is 27.4 Å². The molecule has 1 aliphatic rings. The van der Waals surface area contributed by atoms with E-state index in [-0.39, 0.29) is 16.5 Å². The van der Waals surface area contributed by atoms with Gasteiger partial charge in [0.25, 0.3) is 11.6 Å². The van der Waals surface area contributed by atoms with Gasteiger partial charge in [0.15, 0.2) is 0 Å². The summed E-state index contributed by atoms with van der Waals surface area (Å²) < 4.78 is 11.8. The Balaban J connectivity index is 2.20. The van der Waals surface area contributed by atoms with E-state index in [1.54, 1.807) is 0 Å². The van der Waals surface area contributed by atoms with E-state index >= 15 is 0 Å². The third-order valence-corrected chi connectivity index (χ3v) is 5.24. The number of benzene rings is 1. The summed E-state index contributed by atoms with van der Waals surface area (Å²) in [5.41, 5.74) is -0.240. The van der Waals surface area contributed by atoms with Crippen LogP contribution < -0.4 is 0 Å². The van der Waals surface area contributed by atoms with E-state index in [0.717, 1.165) is 6.07 Å². The van der Waals surface area contributed by atoms with Crippen LogP contribution in [0, 0.1) is 10.1 Å². The van der Waals surface area contributed by atoms with Gasteiger partial charge in [0.1, 0.15) is 5.75 Å². The zero-order valence-electron chi connectivity index (χ0n) is 11.5. The van der Waals surface area contributed by atoms with Crippen molar-refractivity contribution in [3.8, 4) is 5.75 Å². The summed E-state index contributed by atoms with van der Waals surface area (Å²) in [6.07, 6.45) is 0.631. The number of carbonyl (C=O) groups excluding carboxylic acids is 1. The van der Waals surface area contributed by atoms with Crippen molar-refractivity contribution in [2.75, 3.05) is 18.8 Å². The predicted molar refractivity (Wildman–Crippen MR) is 77.8 cm³/mol. The average molecular weight is 312 g/mol. The highest BCUT2D eigenvalue weighted by molar-refractivity contribution is 7.85. The van der Waals surface area contributed by atoms with Gasteiger partial charge in [0, 0.05) is 41.0 Å². The van der Waals surface area contributed by atoms with E-state index in [9.17, 15) is 24.2 Å². The number of phenols is 1. The molecule has 1 amide bonds. The smallest absolute Gasteiger partial charge is 0.273 e. The third kappa shape index (κ3) is 3.38. The quantitative estimate of drug-likeness (QED) is 0.655. The zero-order valence-corrected chi connectivity index (χ0v) is 12.3. The molecular formula is C13H16N2O5S. The SMILES string of the molecule is CC1CCN(C(=O)c2ccc([N+](=O)[O-])cc2O)CCS1=O. The van der Waals surface area contributed by atoms with Crippen molar-refractivity contribution in [2.45, 2.75) is 18.6 Å². The molecule has 2 rings (SSSR count). The van der Waals surface area contributed by atoms with Gasteiger partial charge in [-0.1, -0.05) is 6.92 Å². The maximum absolute atomic E-state index is 12.4. The Hall–Kier alpha value is -1.96. The molecule has 0 aromatic heterocycles. The van der Waals surface area contributed by atoms with E-state index in [1.807, 2.05) is 6.92 Å². The number of phenolic OH excluding ortho intramolecular Hbond substituents is 1. The summed E-state index contributed by atoms with van der Waals surface area (Å²) in [5.74, 6) is -0.401. The molecule has 2 unspecified atom stereocenters. The summed E-state index contributed by atoms with van der Waals surface area (Å²) in [7, 11) is -0.957. The highest BCUT2D eigenvalue weighted by Gasteiger charge is 2.25. The minimum atomic E-state index is -0.957. The zero-order chi connectivity index (χ0) is 15.6. The lowest BCUT2D eigenvalue weighted by atomic mass is 10.1. The largest absolute Gasteiger partial charge is 0.507 e. The van der Waals surface area contributed by atoms with E-state index in [1.165, 1.54) is 17.0 Å². The van der Waals surface area contributed by atoms with Crippen LogP contribution in [0.25, 0.3) is 0 Å². The average Bonchev–Trinajstić information content (AvgIpc) is 2.61. The Bertz CT molecular complexity index is 604. The first-order chi connectivity index (χ1) is 9.90. The number of nitro groups is 1. The fraction of sp³-hybridized carbons (Fsp3) is 0.462. The number of aromatic hydroxyl groups is 1. The van der Waals surface area contributed by atoms with Crippen molar-refractivity contribution in [3.63, 3.8) is 0 Å².